The Balaban J connectivity index is 2.11. The molecule has 0 atom stereocenters. The van der Waals surface area contributed by atoms with Gasteiger partial charge in [-0.1, -0.05) is 25.4 Å². The van der Waals surface area contributed by atoms with Crippen LogP contribution in [0.1, 0.15) is 24.2 Å². The van der Waals surface area contributed by atoms with Crippen LogP contribution in [0.5, 0.6) is 5.75 Å². The molecule has 5 heteroatoms. The number of carbonyl (C=O) groups excluding carboxylic acids is 1. The van der Waals surface area contributed by atoms with Gasteiger partial charge in [0.25, 0.3) is 5.91 Å². The molecule has 1 heterocycles. The first-order valence-corrected chi connectivity index (χ1v) is 6.21. The highest BCUT2D eigenvalue weighted by molar-refractivity contribution is 6.30. The lowest BCUT2D eigenvalue weighted by Gasteiger charge is -2.49. The van der Waals surface area contributed by atoms with Crippen LogP contribution in [0.4, 0.5) is 0 Å². The molecule has 98 valence electrons. The Labute approximate surface area is 111 Å². The fraction of sp³-hybridized carbons (Fsp3) is 0.462. The van der Waals surface area contributed by atoms with Gasteiger partial charge >= 0.3 is 0 Å². The van der Waals surface area contributed by atoms with Crippen LogP contribution in [0.2, 0.25) is 5.02 Å². The summed E-state index contributed by atoms with van der Waals surface area (Å²) < 4.78 is 0. The fourth-order valence-electron chi connectivity index (χ4n) is 1.98. The lowest BCUT2D eigenvalue weighted by molar-refractivity contribution is -0.110. The van der Waals surface area contributed by atoms with E-state index in [1.807, 2.05) is 13.8 Å². The van der Waals surface area contributed by atoms with Gasteiger partial charge in [0.15, 0.2) is 0 Å². The summed E-state index contributed by atoms with van der Waals surface area (Å²) in [6.45, 7) is 4.43. The molecule has 0 aromatic heterocycles. The van der Waals surface area contributed by atoms with Gasteiger partial charge in [-0.3, -0.25) is 4.79 Å². The van der Waals surface area contributed by atoms with Crippen LogP contribution in [0, 0.1) is 5.92 Å². The smallest absolute Gasteiger partial charge is 0.257 e. The highest BCUT2D eigenvalue weighted by Crippen LogP contribution is 2.31. The molecule has 0 bridgehead atoms. The number of β-amino-alcohol motifs (C(OH)–C–C–N with tert-alkyl or cyclic N) is 1. The standard InChI is InChI=1S/C13H16ClNO3/c1-8(2)13(18)6-15(7-13)12(17)10-4-3-9(14)5-11(10)16/h3-5,8,16,18H,6-7H2,1-2H3. The maximum Gasteiger partial charge on any atom is 0.257 e. The Bertz CT molecular complexity index is 481. The summed E-state index contributed by atoms with van der Waals surface area (Å²) in [6, 6.07) is 4.39. The van der Waals surface area contributed by atoms with Crippen LogP contribution in [0.3, 0.4) is 0 Å². The largest absolute Gasteiger partial charge is 0.507 e. The summed E-state index contributed by atoms with van der Waals surface area (Å²) in [7, 11) is 0. The van der Waals surface area contributed by atoms with E-state index in [-0.39, 0.29) is 23.1 Å². The topological polar surface area (TPSA) is 60.8 Å². The number of aromatic hydroxyl groups is 1. The van der Waals surface area contributed by atoms with E-state index < -0.39 is 5.60 Å². The number of rotatable bonds is 2. The molecule has 0 aliphatic carbocycles. The maximum absolute atomic E-state index is 12.1. The molecule has 0 spiro atoms. The van der Waals surface area contributed by atoms with Crippen LogP contribution in [0.25, 0.3) is 0 Å². The second-order valence-electron chi connectivity index (χ2n) is 5.08. The van der Waals surface area contributed by atoms with Crippen molar-refractivity contribution in [2.75, 3.05) is 13.1 Å². The summed E-state index contributed by atoms with van der Waals surface area (Å²) in [5, 5.41) is 20.1. The molecule has 2 rings (SSSR count). The lowest BCUT2D eigenvalue weighted by atomic mass is 9.82. The zero-order valence-electron chi connectivity index (χ0n) is 10.4. The third-order valence-electron chi connectivity index (χ3n) is 3.48. The SMILES string of the molecule is CC(C)C1(O)CN(C(=O)c2ccc(Cl)cc2O)C1. The summed E-state index contributed by atoms with van der Waals surface area (Å²) in [4.78, 5) is 13.6. The highest BCUT2D eigenvalue weighted by Gasteiger charge is 2.46. The fourth-order valence-corrected chi connectivity index (χ4v) is 2.15. The second kappa shape index (κ2) is 4.44. The molecular formula is C13H16ClNO3. The Morgan fingerprint density at radius 3 is 2.56 bits per heavy atom. The van der Waals surface area contributed by atoms with Crippen molar-refractivity contribution in [3.63, 3.8) is 0 Å². The van der Waals surface area contributed by atoms with Crippen molar-refractivity contribution < 1.29 is 15.0 Å². The van der Waals surface area contributed by atoms with Gasteiger partial charge in [0.1, 0.15) is 11.4 Å². The molecule has 2 N–H and O–H groups in total. The number of hydrogen-bond acceptors (Lipinski definition) is 3. The predicted molar refractivity (Wildman–Crippen MR) is 68.8 cm³/mol. The number of aliphatic hydroxyl groups is 1. The number of phenolic OH excluding ortho intramolecular Hbond substituents is 1. The van der Waals surface area contributed by atoms with Crippen molar-refractivity contribution in [1.29, 1.82) is 0 Å². The molecule has 0 saturated carbocycles. The van der Waals surface area contributed by atoms with Gasteiger partial charge in [-0.2, -0.15) is 0 Å². The Morgan fingerprint density at radius 1 is 1.44 bits per heavy atom. The quantitative estimate of drug-likeness (QED) is 0.862. The van der Waals surface area contributed by atoms with Gasteiger partial charge in [-0.05, 0) is 24.1 Å². The Morgan fingerprint density at radius 2 is 2.06 bits per heavy atom. The minimum atomic E-state index is -0.808. The van der Waals surface area contributed by atoms with Crippen LogP contribution >= 0.6 is 11.6 Å². The van der Waals surface area contributed by atoms with E-state index in [0.717, 1.165) is 0 Å². The van der Waals surface area contributed by atoms with Gasteiger partial charge in [0.05, 0.1) is 18.7 Å². The molecule has 1 amide bonds. The van der Waals surface area contributed by atoms with Crippen molar-refractivity contribution >= 4 is 17.5 Å². The van der Waals surface area contributed by atoms with Gasteiger partial charge in [0.2, 0.25) is 0 Å². The van der Waals surface area contributed by atoms with E-state index in [9.17, 15) is 15.0 Å². The Hall–Kier alpha value is -1.26. The number of likely N-dealkylation sites (tertiary alicyclic amines) is 1. The maximum atomic E-state index is 12.1. The zero-order chi connectivity index (χ0) is 13.5. The van der Waals surface area contributed by atoms with Crippen LogP contribution < -0.4 is 0 Å². The molecule has 4 nitrogen and oxygen atoms in total. The number of halogens is 1. The highest BCUT2D eigenvalue weighted by atomic mass is 35.5. The predicted octanol–water partition coefficient (Wildman–Crippen LogP) is 1.89. The third kappa shape index (κ3) is 2.18. The minimum absolute atomic E-state index is 0.0976. The van der Waals surface area contributed by atoms with E-state index in [2.05, 4.69) is 0 Å². The molecular weight excluding hydrogens is 254 g/mol. The first kappa shape index (κ1) is 13.2. The van der Waals surface area contributed by atoms with Gasteiger partial charge in [-0.25, -0.2) is 0 Å². The van der Waals surface area contributed by atoms with Gasteiger partial charge in [-0.15, -0.1) is 0 Å². The zero-order valence-corrected chi connectivity index (χ0v) is 11.1. The van der Waals surface area contributed by atoms with Crippen LogP contribution in [-0.4, -0.2) is 39.7 Å². The van der Waals surface area contributed by atoms with Crippen molar-refractivity contribution in [2.24, 2.45) is 5.92 Å². The Kier molecular flexibility index (Phi) is 3.25. The summed E-state index contributed by atoms with van der Waals surface area (Å²) >= 11 is 5.71. The normalized spacial score (nSPS) is 17.7. The number of nitrogens with zero attached hydrogens (tertiary/aromatic N) is 1. The number of carbonyl (C=O) groups is 1. The molecule has 1 aromatic rings. The van der Waals surface area contributed by atoms with Crippen molar-refractivity contribution in [3.8, 4) is 5.75 Å². The molecule has 1 fully saturated rings. The molecule has 18 heavy (non-hydrogen) atoms. The van der Waals surface area contributed by atoms with Crippen molar-refractivity contribution in [3.05, 3.63) is 28.8 Å². The monoisotopic (exact) mass is 269 g/mol. The molecule has 0 radical (unpaired) electrons. The number of amides is 1. The molecule has 1 aliphatic heterocycles. The van der Waals surface area contributed by atoms with Crippen molar-refractivity contribution in [1.82, 2.24) is 4.90 Å². The summed E-state index contributed by atoms with van der Waals surface area (Å²) in [5.41, 5.74) is -0.595. The van der Waals surface area contributed by atoms with E-state index in [1.54, 1.807) is 6.07 Å². The number of hydrogen-bond donors (Lipinski definition) is 2. The first-order chi connectivity index (χ1) is 8.33. The first-order valence-electron chi connectivity index (χ1n) is 5.83. The summed E-state index contributed by atoms with van der Waals surface area (Å²) in [6.07, 6.45) is 0. The lowest BCUT2D eigenvalue weighted by Crippen LogP contribution is -2.65. The minimum Gasteiger partial charge on any atom is -0.507 e. The molecule has 0 unspecified atom stereocenters. The van der Waals surface area contributed by atoms with E-state index in [1.165, 1.54) is 17.0 Å². The van der Waals surface area contributed by atoms with Crippen LogP contribution in [-0.2, 0) is 0 Å². The third-order valence-corrected chi connectivity index (χ3v) is 3.72. The van der Waals surface area contributed by atoms with E-state index >= 15 is 0 Å². The summed E-state index contributed by atoms with van der Waals surface area (Å²) in [5.74, 6) is -0.317. The molecule has 1 aromatic carbocycles. The average Bonchev–Trinajstić information content (AvgIpc) is 2.23. The second-order valence-corrected chi connectivity index (χ2v) is 5.52. The van der Waals surface area contributed by atoms with E-state index in [4.69, 9.17) is 11.6 Å². The molecule has 1 aliphatic rings. The van der Waals surface area contributed by atoms with Gasteiger partial charge < -0.3 is 15.1 Å². The van der Waals surface area contributed by atoms with E-state index in [0.29, 0.717) is 18.1 Å². The number of phenols is 1. The van der Waals surface area contributed by atoms with Gasteiger partial charge in [0, 0.05) is 5.02 Å². The molecule has 1 saturated heterocycles. The van der Waals surface area contributed by atoms with Crippen molar-refractivity contribution in [2.45, 2.75) is 19.4 Å². The average molecular weight is 270 g/mol. The number of benzene rings is 1. The van der Waals surface area contributed by atoms with Crippen LogP contribution in [0.15, 0.2) is 18.2 Å².